The first kappa shape index (κ1) is 12.1. The summed E-state index contributed by atoms with van der Waals surface area (Å²) in [7, 11) is 0. The molecule has 0 fully saturated rings. The van der Waals surface area contributed by atoms with Crippen LogP contribution in [0.25, 0.3) is 0 Å². The predicted molar refractivity (Wildman–Crippen MR) is 72.2 cm³/mol. The van der Waals surface area contributed by atoms with Gasteiger partial charge in [-0.1, -0.05) is 37.9 Å². The monoisotopic (exact) mass is 345 g/mol. The Morgan fingerprint density at radius 2 is 2.19 bits per heavy atom. The van der Waals surface area contributed by atoms with Gasteiger partial charge in [-0.15, -0.1) is 0 Å². The largest absolute Gasteiger partial charge is 0.338 e. The van der Waals surface area contributed by atoms with Crippen molar-refractivity contribution in [2.24, 2.45) is 0 Å². The molecule has 0 N–H and O–H groups in total. The Labute approximate surface area is 112 Å². The molecule has 0 saturated heterocycles. The van der Waals surface area contributed by atoms with Crippen molar-refractivity contribution in [2.75, 3.05) is 18.4 Å². The van der Waals surface area contributed by atoms with Gasteiger partial charge in [0.2, 0.25) is 0 Å². The zero-order valence-electron chi connectivity index (χ0n) is 8.88. The van der Waals surface area contributed by atoms with Crippen LogP contribution in [-0.2, 0) is 6.42 Å². The van der Waals surface area contributed by atoms with Crippen LogP contribution in [0.15, 0.2) is 22.7 Å². The van der Waals surface area contributed by atoms with Crippen LogP contribution in [0, 0.1) is 0 Å². The van der Waals surface area contributed by atoms with Crippen molar-refractivity contribution in [3.63, 3.8) is 0 Å². The zero-order chi connectivity index (χ0) is 11.5. The normalized spacial score (nSPS) is 15.1. The number of alkyl halides is 1. The van der Waals surface area contributed by atoms with Gasteiger partial charge in [0.25, 0.3) is 5.91 Å². The Hall–Kier alpha value is -0.350. The van der Waals surface area contributed by atoms with E-state index in [1.165, 1.54) is 5.56 Å². The van der Waals surface area contributed by atoms with E-state index in [-0.39, 0.29) is 5.91 Å². The summed E-state index contributed by atoms with van der Waals surface area (Å²) in [4.78, 5) is 14.1. The Kier molecular flexibility index (Phi) is 4.03. The molecule has 1 aromatic carbocycles. The summed E-state index contributed by atoms with van der Waals surface area (Å²) < 4.78 is 0.974. The smallest absolute Gasteiger partial charge is 0.254 e. The molecule has 1 heterocycles. The molecule has 0 radical (unpaired) electrons. The van der Waals surface area contributed by atoms with Gasteiger partial charge in [0.15, 0.2) is 0 Å². The number of amides is 1. The summed E-state index contributed by atoms with van der Waals surface area (Å²) in [6.07, 6.45) is 1.98. The number of nitrogens with zero attached hydrogens (tertiary/aromatic N) is 1. The molecule has 0 spiro atoms. The molecule has 2 nitrogen and oxygen atoms in total. The average Bonchev–Trinajstić information content (AvgIpc) is 2.29. The number of hydrogen-bond acceptors (Lipinski definition) is 1. The minimum Gasteiger partial charge on any atom is -0.338 e. The van der Waals surface area contributed by atoms with Gasteiger partial charge in [0.05, 0.1) is 0 Å². The van der Waals surface area contributed by atoms with Gasteiger partial charge < -0.3 is 4.90 Å². The molecule has 1 aliphatic rings. The Morgan fingerprint density at radius 3 is 2.94 bits per heavy atom. The topological polar surface area (TPSA) is 20.3 Å². The summed E-state index contributed by atoms with van der Waals surface area (Å²) in [5.74, 6) is 0.170. The van der Waals surface area contributed by atoms with Gasteiger partial charge >= 0.3 is 0 Å². The molecule has 16 heavy (non-hydrogen) atoms. The Balaban J connectivity index is 2.20. The summed E-state index contributed by atoms with van der Waals surface area (Å²) in [6.45, 7) is 1.69. The van der Waals surface area contributed by atoms with Crippen LogP contribution in [0.3, 0.4) is 0 Å². The first-order valence-electron chi connectivity index (χ1n) is 5.36. The standard InChI is InChI=1S/C12H13Br2NO/c13-5-1-6-15-7-4-9-2-3-10(14)8-11(9)12(15)16/h2-3,8H,1,4-7H2. The Bertz CT molecular complexity index is 406. The third kappa shape index (κ3) is 2.48. The molecule has 2 rings (SSSR count). The number of hydrogen-bond donors (Lipinski definition) is 0. The van der Waals surface area contributed by atoms with Gasteiger partial charge in [-0.25, -0.2) is 0 Å². The summed E-state index contributed by atoms with van der Waals surface area (Å²) in [5.41, 5.74) is 2.03. The molecule has 1 aliphatic heterocycles. The molecule has 0 aliphatic carbocycles. The van der Waals surface area contributed by atoms with E-state index in [2.05, 4.69) is 31.9 Å². The van der Waals surface area contributed by atoms with E-state index in [0.717, 1.165) is 41.3 Å². The fourth-order valence-electron chi connectivity index (χ4n) is 1.96. The van der Waals surface area contributed by atoms with Crippen molar-refractivity contribution in [3.8, 4) is 0 Å². The zero-order valence-corrected chi connectivity index (χ0v) is 12.1. The lowest BCUT2D eigenvalue weighted by atomic mass is 9.99. The van der Waals surface area contributed by atoms with Crippen LogP contribution in [0.4, 0.5) is 0 Å². The second-order valence-electron chi connectivity index (χ2n) is 3.89. The van der Waals surface area contributed by atoms with Crippen LogP contribution in [0.5, 0.6) is 0 Å². The molecule has 0 aromatic heterocycles. The predicted octanol–water partition coefficient (Wildman–Crippen LogP) is 3.23. The average molecular weight is 347 g/mol. The van der Waals surface area contributed by atoms with Crippen molar-refractivity contribution in [1.29, 1.82) is 0 Å². The molecule has 86 valence electrons. The van der Waals surface area contributed by atoms with Crippen LogP contribution >= 0.6 is 31.9 Å². The van der Waals surface area contributed by atoms with Gasteiger partial charge in [0.1, 0.15) is 0 Å². The lowest BCUT2D eigenvalue weighted by Gasteiger charge is -2.28. The maximum Gasteiger partial charge on any atom is 0.254 e. The number of halogens is 2. The highest BCUT2D eigenvalue weighted by atomic mass is 79.9. The third-order valence-electron chi connectivity index (χ3n) is 2.80. The Morgan fingerprint density at radius 1 is 1.38 bits per heavy atom. The summed E-state index contributed by atoms with van der Waals surface area (Å²) in [6, 6.07) is 5.97. The quantitative estimate of drug-likeness (QED) is 0.769. The van der Waals surface area contributed by atoms with E-state index in [0.29, 0.717) is 0 Å². The van der Waals surface area contributed by atoms with Crippen molar-refractivity contribution in [3.05, 3.63) is 33.8 Å². The number of fused-ring (bicyclic) bond motifs is 1. The van der Waals surface area contributed by atoms with E-state index in [1.54, 1.807) is 0 Å². The molecule has 1 aromatic rings. The number of carbonyl (C=O) groups is 1. The first-order chi connectivity index (χ1) is 7.72. The van der Waals surface area contributed by atoms with Crippen molar-refractivity contribution in [1.82, 2.24) is 4.90 Å². The molecule has 0 atom stereocenters. The van der Waals surface area contributed by atoms with Gasteiger partial charge in [-0.05, 0) is 30.5 Å². The van der Waals surface area contributed by atoms with E-state index >= 15 is 0 Å². The number of rotatable bonds is 3. The minimum atomic E-state index is 0.170. The highest BCUT2D eigenvalue weighted by Gasteiger charge is 2.23. The van der Waals surface area contributed by atoms with E-state index in [4.69, 9.17) is 0 Å². The molecule has 0 saturated carbocycles. The van der Waals surface area contributed by atoms with Gasteiger partial charge in [-0.3, -0.25) is 4.79 Å². The van der Waals surface area contributed by atoms with Crippen molar-refractivity contribution >= 4 is 37.8 Å². The van der Waals surface area contributed by atoms with E-state index in [1.807, 2.05) is 23.1 Å². The fraction of sp³-hybridized carbons (Fsp3) is 0.417. The maximum atomic E-state index is 12.2. The number of carbonyl (C=O) groups excluding carboxylic acids is 1. The van der Waals surface area contributed by atoms with Crippen LogP contribution < -0.4 is 0 Å². The highest BCUT2D eigenvalue weighted by Crippen LogP contribution is 2.23. The van der Waals surface area contributed by atoms with E-state index < -0.39 is 0 Å². The summed E-state index contributed by atoms with van der Waals surface area (Å²) >= 11 is 6.81. The minimum absolute atomic E-state index is 0.170. The molecule has 4 heteroatoms. The van der Waals surface area contributed by atoms with Crippen molar-refractivity contribution < 1.29 is 4.79 Å². The molecule has 0 unspecified atom stereocenters. The maximum absolute atomic E-state index is 12.2. The summed E-state index contributed by atoms with van der Waals surface area (Å²) in [5, 5.41) is 0.947. The molecular formula is C12H13Br2NO. The second kappa shape index (κ2) is 5.32. The molecular weight excluding hydrogens is 334 g/mol. The van der Waals surface area contributed by atoms with Gasteiger partial charge in [0, 0.05) is 28.5 Å². The lowest BCUT2D eigenvalue weighted by molar-refractivity contribution is 0.0740. The van der Waals surface area contributed by atoms with Crippen LogP contribution in [0.2, 0.25) is 0 Å². The first-order valence-corrected chi connectivity index (χ1v) is 7.27. The van der Waals surface area contributed by atoms with Crippen LogP contribution in [-0.4, -0.2) is 29.2 Å². The van der Waals surface area contributed by atoms with Gasteiger partial charge in [-0.2, -0.15) is 0 Å². The molecule has 1 amide bonds. The van der Waals surface area contributed by atoms with E-state index in [9.17, 15) is 4.79 Å². The SMILES string of the molecule is O=C1c2cc(Br)ccc2CCN1CCCBr. The van der Waals surface area contributed by atoms with Crippen molar-refractivity contribution in [2.45, 2.75) is 12.8 Å². The lowest BCUT2D eigenvalue weighted by Crippen LogP contribution is -2.38. The third-order valence-corrected chi connectivity index (χ3v) is 3.86. The van der Waals surface area contributed by atoms with Crippen LogP contribution in [0.1, 0.15) is 22.3 Å². The highest BCUT2D eigenvalue weighted by molar-refractivity contribution is 9.10. The molecule has 0 bridgehead atoms. The number of benzene rings is 1. The fourth-order valence-corrected chi connectivity index (χ4v) is 2.57. The second-order valence-corrected chi connectivity index (χ2v) is 5.59.